The van der Waals surface area contributed by atoms with Crippen LogP contribution in [0.25, 0.3) is 22.1 Å². The molecule has 0 unspecified atom stereocenters. The predicted octanol–water partition coefficient (Wildman–Crippen LogP) is 3.52. The number of phenols is 2. The molecule has 0 saturated carbocycles. The number of fused-ring (bicyclic) bond motifs is 1. The molecule has 1 heterocycles. The molecule has 100 valence electrons. The molecule has 0 fully saturated rings. The van der Waals surface area contributed by atoms with Crippen molar-refractivity contribution in [3.05, 3.63) is 57.9 Å². The first-order valence-electron chi connectivity index (χ1n) is 5.81. The minimum Gasteiger partial charge on any atom is -0.504 e. The normalized spacial score (nSPS) is 10.8. The van der Waals surface area contributed by atoms with Crippen molar-refractivity contribution >= 4 is 22.6 Å². The molecule has 4 nitrogen and oxygen atoms in total. The Morgan fingerprint density at radius 1 is 0.950 bits per heavy atom. The van der Waals surface area contributed by atoms with Gasteiger partial charge >= 0.3 is 5.63 Å². The highest BCUT2D eigenvalue weighted by Crippen LogP contribution is 2.37. The third-order valence-electron chi connectivity index (χ3n) is 3.00. The molecular formula is C15H9ClO4. The van der Waals surface area contributed by atoms with E-state index in [2.05, 4.69) is 0 Å². The number of hydrogen-bond acceptors (Lipinski definition) is 4. The van der Waals surface area contributed by atoms with Crippen LogP contribution in [0.2, 0.25) is 5.02 Å². The summed E-state index contributed by atoms with van der Waals surface area (Å²) in [5.74, 6) is -0.642. The lowest BCUT2D eigenvalue weighted by Crippen LogP contribution is -1.98. The van der Waals surface area contributed by atoms with Gasteiger partial charge in [0.1, 0.15) is 5.58 Å². The van der Waals surface area contributed by atoms with Crippen LogP contribution >= 0.6 is 11.6 Å². The first-order valence-corrected chi connectivity index (χ1v) is 6.19. The van der Waals surface area contributed by atoms with Gasteiger partial charge in [0.2, 0.25) is 0 Å². The fourth-order valence-corrected chi connectivity index (χ4v) is 2.33. The first-order chi connectivity index (χ1) is 9.56. The molecule has 0 aliphatic carbocycles. The van der Waals surface area contributed by atoms with Crippen molar-refractivity contribution in [2.75, 3.05) is 0 Å². The molecule has 0 bridgehead atoms. The molecule has 0 atom stereocenters. The van der Waals surface area contributed by atoms with Gasteiger partial charge in [-0.25, -0.2) is 4.79 Å². The third-order valence-corrected chi connectivity index (χ3v) is 3.33. The number of aromatic hydroxyl groups is 2. The van der Waals surface area contributed by atoms with Gasteiger partial charge in [0.05, 0.1) is 0 Å². The second-order valence-corrected chi connectivity index (χ2v) is 4.70. The van der Waals surface area contributed by atoms with E-state index in [1.807, 2.05) is 0 Å². The van der Waals surface area contributed by atoms with Crippen LogP contribution in [-0.2, 0) is 0 Å². The smallest absolute Gasteiger partial charge is 0.336 e. The van der Waals surface area contributed by atoms with Gasteiger partial charge in [0.25, 0.3) is 0 Å². The first kappa shape index (κ1) is 12.6. The number of hydrogen-bond donors (Lipinski definition) is 2. The number of phenolic OH excluding ortho intramolecular Hbond substituents is 2. The molecule has 0 saturated heterocycles. The molecule has 0 radical (unpaired) electrons. The second kappa shape index (κ2) is 4.58. The van der Waals surface area contributed by atoms with E-state index in [4.69, 9.17) is 16.0 Å². The SMILES string of the molecule is O=c1cc(-c2ccccc2Cl)c2cc(O)c(O)cc2o1. The van der Waals surface area contributed by atoms with Crippen LogP contribution in [0, 0.1) is 0 Å². The van der Waals surface area contributed by atoms with Crippen molar-refractivity contribution in [3.8, 4) is 22.6 Å². The van der Waals surface area contributed by atoms with Crippen LogP contribution in [0.4, 0.5) is 0 Å². The lowest BCUT2D eigenvalue weighted by Gasteiger charge is -2.08. The summed E-state index contributed by atoms with van der Waals surface area (Å²) < 4.78 is 5.03. The molecule has 0 aliphatic rings. The summed E-state index contributed by atoms with van der Waals surface area (Å²) in [5, 5.41) is 20.1. The molecule has 2 N–H and O–H groups in total. The van der Waals surface area contributed by atoms with Crippen LogP contribution in [0.3, 0.4) is 0 Å². The highest BCUT2D eigenvalue weighted by atomic mass is 35.5. The molecule has 2 aromatic carbocycles. The summed E-state index contributed by atoms with van der Waals surface area (Å²) in [5.41, 5.74) is 0.814. The molecular weight excluding hydrogens is 280 g/mol. The van der Waals surface area contributed by atoms with Crippen LogP contribution in [0.15, 0.2) is 51.7 Å². The molecule has 3 aromatic rings. The molecule has 3 rings (SSSR count). The summed E-state index contributed by atoms with van der Waals surface area (Å²) in [6.07, 6.45) is 0. The van der Waals surface area contributed by atoms with Crippen LogP contribution in [0.1, 0.15) is 0 Å². The molecule has 0 aliphatic heterocycles. The Morgan fingerprint density at radius 3 is 2.40 bits per heavy atom. The summed E-state index contributed by atoms with van der Waals surface area (Å²) in [6, 6.07) is 10.9. The van der Waals surface area contributed by atoms with Gasteiger partial charge in [0.15, 0.2) is 11.5 Å². The van der Waals surface area contributed by atoms with Crippen LogP contribution < -0.4 is 5.63 Å². The number of benzene rings is 2. The van der Waals surface area contributed by atoms with Gasteiger partial charge in [-0.05, 0) is 12.1 Å². The highest BCUT2D eigenvalue weighted by Gasteiger charge is 2.13. The van der Waals surface area contributed by atoms with E-state index < -0.39 is 5.63 Å². The zero-order chi connectivity index (χ0) is 14.3. The number of halogens is 1. The van der Waals surface area contributed by atoms with Crippen molar-refractivity contribution in [2.45, 2.75) is 0 Å². The standard InChI is InChI=1S/C15H9ClO4/c16-11-4-2-1-3-8(11)9-6-15(19)20-14-7-13(18)12(17)5-10(9)14/h1-7,17-18H. The van der Waals surface area contributed by atoms with Crippen LogP contribution in [-0.4, -0.2) is 10.2 Å². The summed E-state index contributed by atoms with van der Waals surface area (Å²) in [6.45, 7) is 0. The Balaban J connectivity index is 2.44. The van der Waals surface area contributed by atoms with Crippen molar-refractivity contribution in [2.24, 2.45) is 0 Å². The van der Waals surface area contributed by atoms with Gasteiger partial charge in [-0.3, -0.25) is 0 Å². The van der Waals surface area contributed by atoms with Crippen molar-refractivity contribution < 1.29 is 14.6 Å². The Kier molecular flexibility index (Phi) is 2.88. The van der Waals surface area contributed by atoms with Crippen molar-refractivity contribution in [1.29, 1.82) is 0 Å². The fourth-order valence-electron chi connectivity index (χ4n) is 2.09. The Labute approximate surface area is 118 Å². The molecule has 1 aromatic heterocycles. The molecule has 0 amide bonds. The van der Waals surface area contributed by atoms with Gasteiger partial charge in [-0.15, -0.1) is 0 Å². The van der Waals surface area contributed by atoms with Gasteiger partial charge in [-0.2, -0.15) is 0 Å². The quantitative estimate of drug-likeness (QED) is 0.531. The van der Waals surface area contributed by atoms with E-state index >= 15 is 0 Å². The molecule has 0 spiro atoms. The van der Waals surface area contributed by atoms with Crippen molar-refractivity contribution in [1.82, 2.24) is 0 Å². The Morgan fingerprint density at radius 2 is 1.65 bits per heavy atom. The van der Waals surface area contributed by atoms with E-state index in [1.54, 1.807) is 24.3 Å². The average Bonchev–Trinajstić information content (AvgIpc) is 2.41. The van der Waals surface area contributed by atoms with E-state index in [9.17, 15) is 15.0 Å². The minimum absolute atomic E-state index is 0.183. The topological polar surface area (TPSA) is 70.7 Å². The molecule has 5 heteroatoms. The zero-order valence-electron chi connectivity index (χ0n) is 10.1. The average molecular weight is 289 g/mol. The minimum atomic E-state index is -0.558. The summed E-state index contributed by atoms with van der Waals surface area (Å²) in [7, 11) is 0. The maximum Gasteiger partial charge on any atom is 0.336 e. The third kappa shape index (κ3) is 2.00. The molecule has 20 heavy (non-hydrogen) atoms. The maximum absolute atomic E-state index is 11.6. The maximum atomic E-state index is 11.6. The highest BCUT2D eigenvalue weighted by molar-refractivity contribution is 6.33. The lowest BCUT2D eigenvalue weighted by atomic mass is 10.0. The lowest BCUT2D eigenvalue weighted by molar-refractivity contribution is 0.403. The summed E-state index contributed by atoms with van der Waals surface area (Å²) in [4.78, 5) is 11.6. The van der Waals surface area contributed by atoms with Gasteiger partial charge < -0.3 is 14.6 Å². The second-order valence-electron chi connectivity index (χ2n) is 4.30. The van der Waals surface area contributed by atoms with E-state index in [-0.39, 0.29) is 17.1 Å². The van der Waals surface area contributed by atoms with Gasteiger partial charge in [0, 0.05) is 33.7 Å². The van der Waals surface area contributed by atoms with Crippen molar-refractivity contribution in [3.63, 3.8) is 0 Å². The van der Waals surface area contributed by atoms with E-state index in [0.717, 1.165) is 0 Å². The monoisotopic (exact) mass is 288 g/mol. The summed E-state index contributed by atoms with van der Waals surface area (Å²) >= 11 is 6.14. The van der Waals surface area contributed by atoms with Crippen LogP contribution in [0.5, 0.6) is 11.5 Å². The van der Waals surface area contributed by atoms with Gasteiger partial charge in [-0.1, -0.05) is 29.8 Å². The predicted molar refractivity (Wildman–Crippen MR) is 76.3 cm³/mol. The van der Waals surface area contributed by atoms with E-state index in [0.29, 0.717) is 21.5 Å². The fraction of sp³-hybridized carbons (Fsp3) is 0. The largest absolute Gasteiger partial charge is 0.504 e. The number of rotatable bonds is 1. The van der Waals surface area contributed by atoms with E-state index in [1.165, 1.54) is 18.2 Å². The zero-order valence-corrected chi connectivity index (χ0v) is 10.9. The Hall–Kier alpha value is -2.46. The Bertz CT molecular complexity index is 867.